The van der Waals surface area contributed by atoms with Crippen molar-refractivity contribution in [1.82, 2.24) is 4.90 Å². The highest BCUT2D eigenvalue weighted by Gasteiger charge is 2.52. The highest BCUT2D eigenvalue weighted by atomic mass is 35.5. The highest BCUT2D eigenvalue weighted by Crippen LogP contribution is 2.43. The molecule has 0 aromatic heterocycles. The number of nitrogens with one attached hydrogen (secondary N) is 1. The molecule has 4 rings (SSSR count). The van der Waals surface area contributed by atoms with Crippen molar-refractivity contribution in [2.45, 2.75) is 38.8 Å². The summed E-state index contributed by atoms with van der Waals surface area (Å²) in [7, 11) is 0. The predicted octanol–water partition coefficient (Wildman–Crippen LogP) is 3.98. The van der Waals surface area contributed by atoms with Gasteiger partial charge in [0, 0.05) is 30.1 Å². The summed E-state index contributed by atoms with van der Waals surface area (Å²) >= 11 is 5.96. The maximum atomic E-state index is 13.2. The molecule has 29 heavy (non-hydrogen) atoms. The van der Waals surface area contributed by atoms with Crippen molar-refractivity contribution in [2.24, 2.45) is 0 Å². The fraction of sp³-hybridized carbons (Fsp3) is 0.318. The van der Waals surface area contributed by atoms with Crippen molar-refractivity contribution >= 4 is 40.7 Å². The van der Waals surface area contributed by atoms with Gasteiger partial charge < -0.3 is 10.2 Å². The van der Waals surface area contributed by atoms with Crippen LogP contribution in [0.25, 0.3) is 0 Å². The smallest absolute Gasteiger partial charge is 0.257 e. The number of hydrogen-bond donors (Lipinski definition) is 1. The molecule has 1 unspecified atom stereocenters. The van der Waals surface area contributed by atoms with E-state index in [1.807, 2.05) is 26.0 Å². The number of fused-ring (bicyclic) bond motifs is 3. The monoisotopic (exact) mass is 411 g/mol. The van der Waals surface area contributed by atoms with Crippen molar-refractivity contribution in [3.63, 3.8) is 0 Å². The summed E-state index contributed by atoms with van der Waals surface area (Å²) in [6.45, 7) is 3.99. The Morgan fingerprint density at radius 2 is 1.97 bits per heavy atom. The van der Waals surface area contributed by atoms with Crippen molar-refractivity contribution in [3.8, 4) is 0 Å². The maximum absolute atomic E-state index is 13.2. The Bertz CT molecular complexity index is 1020. The van der Waals surface area contributed by atoms with E-state index in [1.165, 1.54) is 0 Å². The summed E-state index contributed by atoms with van der Waals surface area (Å²) in [5, 5.41) is 3.48. The first-order chi connectivity index (χ1) is 13.8. The van der Waals surface area contributed by atoms with Crippen LogP contribution in [0.3, 0.4) is 0 Å². The van der Waals surface area contributed by atoms with Crippen LogP contribution in [-0.4, -0.2) is 34.8 Å². The third-order valence-corrected chi connectivity index (χ3v) is 6.01. The van der Waals surface area contributed by atoms with Crippen molar-refractivity contribution in [2.75, 3.05) is 16.8 Å². The zero-order chi connectivity index (χ0) is 20.8. The quantitative estimate of drug-likeness (QED) is 0.827. The Kier molecular flexibility index (Phi) is 4.82. The van der Waals surface area contributed by atoms with E-state index < -0.39 is 5.66 Å². The second kappa shape index (κ2) is 7.19. The fourth-order valence-electron chi connectivity index (χ4n) is 4.23. The third kappa shape index (κ3) is 3.27. The molecule has 1 saturated heterocycles. The van der Waals surface area contributed by atoms with E-state index in [0.717, 1.165) is 5.56 Å². The predicted molar refractivity (Wildman–Crippen MR) is 112 cm³/mol. The number of amides is 3. The second-order valence-corrected chi connectivity index (χ2v) is 8.11. The van der Waals surface area contributed by atoms with E-state index in [-0.39, 0.29) is 30.7 Å². The molecule has 0 bridgehead atoms. The molecule has 3 amide bonds. The number of carbonyl (C=O) groups excluding carboxylic acids is 3. The molecule has 1 fully saturated rings. The topological polar surface area (TPSA) is 69.7 Å². The number of halogens is 1. The molecule has 1 atom stereocenters. The summed E-state index contributed by atoms with van der Waals surface area (Å²) in [6.07, 6.45) is 1.06. The number of anilines is 2. The molecular weight excluding hydrogens is 390 g/mol. The van der Waals surface area contributed by atoms with Crippen LogP contribution in [0.1, 0.15) is 42.1 Å². The molecule has 0 spiro atoms. The molecule has 2 aromatic rings. The number of nitrogens with zero attached hydrogens (tertiary/aromatic N) is 2. The molecule has 1 N–H and O–H groups in total. The van der Waals surface area contributed by atoms with Crippen LogP contribution in [-0.2, 0) is 9.59 Å². The number of para-hydroxylation sites is 1. The van der Waals surface area contributed by atoms with Crippen LogP contribution >= 0.6 is 11.6 Å². The van der Waals surface area contributed by atoms with Gasteiger partial charge in [-0.1, -0.05) is 23.7 Å². The summed E-state index contributed by atoms with van der Waals surface area (Å²) in [5.74, 6) is -0.343. The number of rotatable bonds is 4. The first kappa shape index (κ1) is 19.5. The van der Waals surface area contributed by atoms with E-state index >= 15 is 0 Å². The zero-order valence-electron chi connectivity index (χ0n) is 16.4. The molecule has 7 heteroatoms. The molecule has 2 aromatic carbocycles. The molecule has 2 aliphatic rings. The molecule has 0 saturated carbocycles. The minimum atomic E-state index is -0.751. The van der Waals surface area contributed by atoms with Crippen LogP contribution in [0, 0.1) is 6.92 Å². The lowest BCUT2D eigenvalue weighted by atomic mass is 9.98. The Hall–Kier alpha value is -2.86. The van der Waals surface area contributed by atoms with E-state index in [9.17, 15) is 14.4 Å². The van der Waals surface area contributed by atoms with Gasteiger partial charge in [-0.2, -0.15) is 0 Å². The molecule has 0 radical (unpaired) electrons. The lowest BCUT2D eigenvalue weighted by Gasteiger charge is -2.48. The minimum absolute atomic E-state index is 0.00121. The molecular formula is C22H22ClN3O3. The van der Waals surface area contributed by atoms with Gasteiger partial charge in [-0.15, -0.1) is 0 Å². The van der Waals surface area contributed by atoms with E-state index in [2.05, 4.69) is 5.32 Å². The Labute approximate surface area is 174 Å². The fourth-order valence-corrected chi connectivity index (χ4v) is 4.46. The number of benzene rings is 2. The first-order valence-electron chi connectivity index (χ1n) is 9.61. The zero-order valence-corrected chi connectivity index (χ0v) is 17.1. The first-order valence-corrected chi connectivity index (χ1v) is 9.99. The van der Waals surface area contributed by atoms with Gasteiger partial charge in [-0.25, -0.2) is 0 Å². The average Bonchev–Trinajstić information content (AvgIpc) is 2.99. The molecule has 0 aliphatic carbocycles. The van der Waals surface area contributed by atoms with Gasteiger partial charge in [0.25, 0.3) is 5.91 Å². The van der Waals surface area contributed by atoms with E-state index in [4.69, 9.17) is 11.6 Å². The minimum Gasteiger partial charge on any atom is -0.326 e. The largest absolute Gasteiger partial charge is 0.326 e. The molecule has 6 nitrogen and oxygen atoms in total. The standard InChI is InChI=1S/C22H22ClN3O3/c1-14-13-15(23)7-8-17(14)24-19(27)10-12-25-21(29)16-5-3-4-6-18(16)26-20(28)9-11-22(25,26)2/h3-8,13H,9-12H2,1-2H3,(H,24,27). The van der Waals surface area contributed by atoms with Crippen molar-refractivity contribution in [1.29, 1.82) is 0 Å². The van der Waals surface area contributed by atoms with Crippen molar-refractivity contribution in [3.05, 3.63) is 58.6 Å². The van der Waals surface area contributed by atoms with Gasteiger partial charge in [0.15, 0.2) is 0 Å². The van der Waals surface area contributed by atoms with Crippen LogP contribution in [0.15, 0.2) is 42.5 Å². The number of carbonyl (C=O) groups is 3. The van der Waals surface area contributed by atoms with Crippen LogP contribution in [0.5, 0.6) is 0 Å². The summed E-state index contributed by atoms with van der Waals surface area (Å²) in [4.78, 5) is 41.7. The number of aryl methyl sites for hydroxylation is 1. The highest BCUT2D eigenvalue weighted by molar-refractivity contribution is 6.30. The average molecular weight is 412 g/mol. The third-order valence-electron chi connectivity index (χ3n) is 5.77. The van der Waals surface area contributed by atoms with Gasteiger partial charge in [0.05, 0.1) is 11.3 Å². The van der Waals surface area contributed by atoms with Crippen molar-refractivity contribution < 1.29 is 14.4 Å². The van der Waals surface area contributed by atoms with Gasteiger partial charge in [-0.3, -0.25) is 19.3 Å². The normalized spacial score (nSPS) is 20.5. The van der Waals surface area contributed by atoms with Crippen LogP contribution < -0.4 is 10.2 Å². The SMILES string of the molecule is Cc1cc(Cl)ccc1NC(=O)CCN1C(=O)c2ccccc2N2C(=O)CCC12C. The second-order valence-electron chi connectivity index (χ2n) is 7.68. The molecule has 150 valence electrons. The van der Waals surface area contributed by atoms with Crippen LogP contribution in [0.2, 0.25) is 5.02 Å². The van der Waals surface area contributed by atoms with E-state index in [1.54, 1.807) is 40.1 Å². The lowest BCUT2D eigenvalue weighted by molar-refractivity contribution is -0.117. The van der Waals surface area contributed by atoms with Gasteiger partial charge in [-0.05, 0) is 56.2 Å². The maximum Gasteiger partial charge on any atom is 0.257 e. The van der Waals surface area contributed by atoms with E-state index in [0.29, 0.717) is 34.8 Å². The Morgan fingerprint density at radius 1 is 1.21 bits per heavy atom. The summed E-state index contributed by atoms with van der Waals surface area (Å²) < 4.78 is 0. The Morgan fingerprint density at radius 3 is 2.72 bits per heavy atom. The molecule has 2 heterocycles. The Balaban J connectivity index is 1.54. The van der Waals surface area contributed by atoms with Gasteiger partial charge in [0.1, 0.15) is 5.66 Å². The summed E-state index contributed by atoms with van der Waals surface area (Å²) in [6, 6.07) is 12.4. The van der Waals surface area contributed by atoms with Gasteiger partial charge in [0.2, 0.25) is 11.8 Å². The molecule has 2 aliphatic heterocycles. The van der Waals surface area contributed by atoms with Gasteiger partial charge >= 0.3 is 0 Å². The summed E-state index contributed by atoms with van der Waals surface area (Å²) in [5.41, 5.74) is 1.96. The number of hydrogen-bond acceptors (Lipinski definition) is 3. The lowest BCUT2D eigenvalue weighted by Crippen LogP contribution is -2.62. The van der Waals surface area contributed by atoms with Crippen LogP contribution in [0.4, 0.5) is 11.4 Å².